The minimum Gasteiger partial charge on any atom is -0.545 e. The van der Waals surface area contributed by atoms with Crippen LogP contribution in [0.5, 0.6) is 0 Å². The third kappa shape index (κ3) is 6.29. The Kier molecular flexibility index (Phi) is 9.16. The molecular weight excluding hydrogens is 516 g/mol. The van der Waals surface area contributed by atoms with Crippen molar-refractivity contribution in [3.63, 3.8) is 0 Å². The van der Waals surface area contributed by atoms with E-state index in [4.69, 9.17) is 9.15 Å². The summed E-state index contributed by atoms with van der Waals surface area (Å²) in [5.41, 5.74) is 3.95. The summed E-state index contributed by atoms with van der Waals surface area (Å²) >= 11 is 0. The lowest BCUT2D eigenvalue weighted by Crippen LogP contribution is -2.35. The number of nitrogens with zero attached hydrogens (tertiary/aromatic N) is 2. The largest absolute Gasteiger partial charge is 0.545 e. The average Bonchev–Trinajstić information content (AvgIpc) is 2.98. The van der Waals surface area contributed by atoms with Crippen molar-refractivity contribution < 1.29 is 23.8 Å². The normalized spacial score (nSPS) is 12.4. The fourth-order valence-corrected chi connectivity index (χ4v) is 5.02. The third-order valence-electron chi connectivity index (χ3n) is 7.98. The number of fused-ring (bicyclic) bond motifs is 2. The SMILES string of the molecule is CCN(CC)c1ccc2c(-c3cccc(C(=O)[O-])c3)c3ccc(=[N+](CC)CCOC(=O)C(C)(C)CC)cc-3oc2c1. The summed E-state index contributed by atoms with van der Waals surface area (Å²) in [7, 11) is 0. The van der Waals surface area contributed by atoms with Gasteiger partial charge in [-0.05, 0) is 76.4 Å². The monoisotopic (exact) mass is 556 g/mol. The molecule has 0 amide bonds. The van der Waals surface area contributed by atoms with Crippen LogP contribution < -0.4 is 19.9 Å². The van der Waals surface area contributed by atoms with E-state index in [0.717, 1.165) is 52.8 Å². The Morgan fingerprint density at radius 3 is 2.39 bits per heavy atom. The van der Waals surface area contributed by atoms with Gasteiger partial charge in [-0.3, -0.25) is 4.79 Å². The predicted molar refractivity (Wildman–Crippen MR) is 162 cm³/mol. The minimum absolute atomic E-state index is 0.124. The van der Waals surface area contributed by atoms with Crippen LogP contribution in [-0.2, 0) is 9.53 Å². The second kappa shape index (κ2) is 12.6. The molecular formula is C34H40N2O5. The van der Waals surface area contributed by atoms with Gasteiger partial charge in [0.25, 0.3) is 0 Å². The highest BCUT2D eigenvalue weighted by Crippen LogP contribution is 2.41. The van der Waals surface area contributed by atoms with Crippen LogP contribution >= 0.6 is 0 Å². The van der Waals surface area contributed by atoms with E-state index in [9.17, 15) is 14.7 Å². The summed E-state index contributed by atoms with van der Waals surface area (Å²) in [6, 6.07) is 19.1. The van der Waals surface area contributed by atoms with E-state index in [2.05, 4.69) is 36.3 Å². The number of carbonyl (C=O) groups is 2. The van der Waals surface area contributed by atoms with E-state index in [1.807, 2.05) is 57.2 Å². The molecule has 4 rings (SSSR count). The number of carbonyl (C=O) groups excluding carboxylic acids is 2. The quantitative estimate of drug-likeness (QED) is 0.144. The Balaban J connectivity index is 1.88. The highest BCUT2D eigenvalue weighted by molar-refractivity contribution is 6.03. The van der Waals surface area contributed by atoms with Gasteiger partial charge in [-0.1, -0.05) is 25.1 Å². The number of hydrogen-bond acceptors (Lipinski definition) is 6. The number of carboxylic acids is 1. The number of carboxylic acid groups (broad SMARTS) is 1. The number of rotatable bonds is 11. The second-order valence-corrected chi connectivity index (χ2v) is 10.8. The molecule has 0 atom stereocenters. The zero-order chi connectivity index (χ0) is 29.7. The molecule has 0 saturated heterocycles. The molecule has 41 heavy (non-hydrogen) atoms. The Bertz CT molecular complexity index is 1600. The first-order valence-electron chi connectivity index (χ1n) is 14.5. The minimum atomic E-state index is -1.21. The summed E-state index contributed by atoms with van der Waals surface area (Å²) in [4.78, 5) is 26.4. The van der Waals surface area contributed by atoms with E-state index in [1.54, 1.807) is 18.2 Å². The van der Waals surface area contributed by atoms with Crippen LogP contribution in [0.4, 0.5) is 5.69 Å². The van der Waals surface area contributed by atoms with Crippen molar-refractivity contribution in [3.8, 4) is 22.5 Å². The molecule has 0 bridgehead atoms. The van der Waals surface area contributed by atoms with Gasteiger partial charge in [0, 0.05) is 47.4 Å². The molecule has 1 aliphatic heterocycles. The number of likely N-dealkylation sites (N-methyl/N-ethyl adjacent to an activating group) is 1. The Hall–Kier alpha value is -4.13. The van der Waals surface area contributed by atoms with Crippen LogP contribution in [0.2, 0.25) is 0 Å². The number of aromatic carboxylic acids is 1. The molecule has 0 spiro atoms. The van der Waals surface area contributed by atoms with Crippen molar-refractivity contribution in [2.45, 2.75) is 48.0 Å². The summed E-state index contributed by atoms with van der Waals surface area (Å²) < 4.78 is 14.3. The predicted octanol–water partition coefficient (Wildman–Crippen LogP) is 5.19. The first-order chi connectivity index (χ1) is 19.6. The van der Waals surface area contributed by atoms with Crippen molar-refractivity contribution in [1.29, 1.82) is 0 Å². The summed E-state index contributed by atoms with van der Waals surface area (Å²) in [5.74, 6) is -0.722. The smallest absolute Gasteiger partial charge is 0.311 e. The van der Waals surface area contributed by atoms with Crippen molar-refractivity contribution in [3.05, 3.63) is 71.6 Å². The van der Waals surface area contributed by atoms with Gasteiger partial charge in [0.2, 0.25) is 5.36 Å². The Morgan fingerprint density at radius 2 is 1.73 bits per heavy atom. The van der Waals surface area contributed by atoms with Gasteiger partial charge < -0.3 is 24.0 Å². The molecule has 0 saturated carbocycles. The van der Waals surface area contributed by atoms with Crippen LogP contribution in [0.15, 0.2) is 65.1 Å². The number of anilines is 1. The van der Waals surface area contributed by atoms with Crippen molar-refractivity contribution in [2.75, 3.05) is 37.7 Å². The van der Waals surface area contributed by atoms with Gasteiger partial charge in [-0.15, -0.1) is 0 Å². The van der Waals surface area contributed by atoms with E-state index < -0.39 is 11.4 Å². The molecule has 2 aromatic rings. The van der Waals surface area contributed by atoms with Crippen LogP contribution in [-0.4, -0.2) is 44.7 Å². The maximum atomic E-state index is 12.5. The number of hydrogen-bond donors (Lipinski definition) is 0. The summed E-state index contributed by atoms with van der Waals surface area (Å²) in [6.07, 6.45) is 0.716. The standard InChI is InChI=1S/C34H40N2O5/c1-7-34(5,6)33(39)40-19-18-36(10-4)26-15-17-28-30(22-26)41-29-21-25(35(8-2)9-3)14-16-27(29)31(28)23-12-11-13-24(20-23)32(37)38/h11-17,20-22H,7-10,18-19H2,1-6H3. The number of benzene rings is 3. The van der Waals surface area contributed by atoms with Gasteiger partial charge >= 0.3 is 5.97 Å². The number of esters is 1. The molecule has 1 aliphatic carbocycles. The average molecular weight is 557 g/mol. The first kappa shape index (κ1) is 29.8. The zero-order valence-electron chi connectivity index (χ0n) is 25.0. The fourth-order valence-electron chi connectivity index (χ4n) is 5.02. The van der Waals surface area contributed by atoms with Gasteiger partial charge in [-0.25, -0.2) is 4.58 Å². The zero-order valence-corrected chi connectivity index (χ0v) is 25.0. The maximum Gasteiger partial charge on any atom is 0.311 e. The molecule has 1 heterocycles. The van der Waals surface area contributed by atoms with Gasteiger partial charge in [0.1, 0.15) is 24.5 Å². The van der Waals surface area contributed by atoms with Gasteiger partial charge in [0.05, 0.1) is 17.5 Å². The van der Waals surface area contributed by atoms with Crippen LogP contribution in [0.1, 0.15) is 58.3 Å². The lowest BCUT2D eigenvalue weighted by molar-refractivity contribution is -0.255. The molecule has 7 nitrogen and oxygen atoms in total. The van der Waals surface area contributed by atoms with E-state index in [-0.39, 0.29) is 18.1 Å². The second-order valence-electron chi connectivity index (χ2n) is 10.8. The van der Waals surface area contributed by atoms with Crippen LogP contribution in [0.3, 0.4) is 0 Å². The van der Waals surface area contributed by atoms with E-state index >= 15 is 0 Å². The van der Waals surface area contributed by atoms with E-state index in [0.29, 0.717) is 24.3 Å². The molecule has 2 aliphatic rings. The highest BCUT2D eigenvalue weighted by Gasteiger charge is 2.27. The fraction of sp³-hybridized carbons (Fsp3) is 0.382. The Morgan fingerprint density at radius 1 is 0.976 bits per heavy atom. The summed E-state index contributed by atoms with van der Waals surface area (Å²) in [5, 5.41) is 13.5. The number of ether oxygens (including phenoxy) is 1. The van der Waals surface area contributed by atoms with Crippen molar-refractivity contribution in [2.24, 2.45) is 5.41 Å². The topological polar surface area (TPSA) is 85.8 Å². The molecule has 2 aromatic carbocycles. The van der Waals surface area contributed by atoms with Crippen molar-refractivity contribution >= 4 is 28.6 Å². The van der Waals surface area contributed by atoms with Crippen LogP contribution in [0, 0.1) is 5.41 Å². The summed E-state index contributed by atoms with van der Waals surface area (Å²) in [6.45, 7) is 15.4. The molecule has 7 heteroatoms. The maximum absolute atomic E-state index is 12.5. The van der Waals surface area contributed by atoms with Gasteiger partial charge in [0.15, 0.2) is 6.54 Å². The Labute approximate surface area is 242 Å². The molecule has 0 N–H and O–H groups in total. The van der Waals surface area contributed by atoms with Crippen LogP contribution in [0.25, 0.3) is 33.4 Å². The third-order valence-corrected chi connectivity index (χ3v) is 7.98. The molecule has 0 aromatic heterocycles. The molecule has 0 radical (unpaired) electrons. The lowest BCUT2D eigenvalue weighted by Gasteiger charge is -2.22. The van der Waals surface area contributed by atoms with Gasteiger partial charge in [-0.2, -0.15) is 0 Å². The molecule has 0 fully saturated rings. The molecule has 0 unspecified atom stereocenters. The highest BCUT2D eigenvalue weighted by atomic mass is 16.5. The lowest BCUT2D eigenvalue weighted by atomic mass is 9.91. The van der Waals surface area contributed by atoms with E-state index in [1.165, 1.54) is 0 Å². The molecule has 216 valence electrons. The van der Waals surface area contributed by atoms with Crippen molar-refractivity contribution in [1.82, 2.24) is 4.58 Å². The first-order valence-corrected chi connectivity index (χ1v) is 14.5.